The van der Waals surface area contributed by atoms with Crippen LogP contribution in [0.2, 0.25) is 0 Å². The number of aromatic carboxylic acids is 1. The smallest absolute Gasteiger partial charge is 0.338 e. The van der Waals surface area contributed by atoms with Crippen molar-refractivity contribution >= 4 is 23.0 Å². The van der Waals surface area contributed by atoms with Gasteiger partial charge in [0.05, 0.1) is 11.6 Å². The molecule has 0 spiro atoms. The molecular formula is C13H12FNO2S. The van der Waals surface area contributed by atoms with Gasteiger partial charge >= 0.3 is 5.97 Å². The molecule has 1 heterocycles. The van der Waals surface area contributed by atoms with Crippen LogP contribution in [0.1, 0.15) is 28.2 Å². The number of carbonyl (C=O) groups is 1. The molecule has 0 amide bonds. The van der Waals surface area contributed by atoms with Crippen molar-refractivity contribution in [2.24, 2.45) is 0 Å². The molecule has 2 N–H and O–H groups in total. The minimum absolute atomic E-state index is 0.0529. The third-order valence-corrected chi connectivity index (χ3v) is 3.60. The fourth-order valence-corrected chi connectivity index (χ4v) is 2.37. The summed E-state index contributed by atoms with van der Waals surface area (Å²) in [6.07, 6.45) is 0. The maximum atomic E-state index is 13.2. The molecule has 1 atom stereocenters. The van der Waals surface area contributed by atoms with Crippen LogP contribution in [-0.2, 0) is 0 Å². The van der Waals surface area contributed by atoms with E-state index in [1.54, 1.807) is 11.3 Å². The van der Waals surface area contributed by atoms with Crippen molar-refractivity contribution in [2.75, 3.05) is 5.32 Å². The summed E-state index contributed by atoms with van der Waals surface area (Å²) in [4.78, 5) is 12.0. The van der Waals surface area contributed by atoms with E-state index in [4.69, 9.17) is 5.11 Å². The largest absolute Gasteiger partial charge is 0.478 e. The number of carboxylic acids is 1. The molecule has 3 nitrogen and oxygen atoms in total. The van der Waals surface area contributed by atoms with Gasteiger partial charge in [0.1, 0.15) is 5.82 Å². The van der Waals surface area contributed by atoms with Crippen molar-refractivity contribution < 1.29 is 14.3 Å². The van der Waals surface area contributed by atoms with Crippen LogP contribution in [0.3, 0.4) is 0 Å². The van der Waals surface area contributed by atoms with E-state index in [1.807, 2.05) is 24.4 Å². The van der Waals surface area contributed by atoms with Crippen molar-refractivity contribution in [1.29, 1.82) is 0 Å². The molecule has 0 aliphatic carbocycles. The Balaban J connectivity index is 2.20. The Labute approximate surface area is 108 Å². The quantitative estimate of drug-likeness (QED) is 0.885. The Bertz CT molecular complexity index is 554. The average molecular weight is 265 g/mol. The fourth-order valence-electron chi connectivity index (χ4n) is 1.64. The molecule has 94 valence electrons. The number of hydrogen-bond acceptors (Lipinski definition) is 3. The Morgan fingerprint density at radius 2 is 2.22 bits per heavy atom. The average Bonchev–Trinajstić information content (AvgIpc) is 2.85. The number of rotatable bonds is 4. The van der Waals surface area contributed by atoms with Crippen molar-refractivity contribution in [3.8, 4) is 0 Å². The summed E-state index contributed by atoms with van der Waals surface area (Å²) in [7, 11) is 0. The molecule has 1 unspecified atom stereocenters. The summed E-state index contributed by atoms with van der Waals surface area (Å²) < 4.78 is 13.2. The van der Waals surface area contributed by atoms with Crippen LogP contribution in [-0.4, -0.2) is 11.1 Å². The normalized spacial score (nSPS) is 12.1. The molecule has 1 aromatic carbocycles. The monoisotopic (exact) mass is 265 g/mol. The highest BCUT2D eigenvalue weighted by Gasteiger charge is 2.12. The molecule has 0 saturated heterocycles. The van der Waals surface area contributed by atoms with Crippen LogP contribution < -0.4 is 5.32 Å². The molecule has 18 heavy (non-hydrogen) atoms. The van der Waals surface area contributed by atoms with Gasteiger partial charge in [-0.15, -0.1) is 11.3 Å². The Hall–Kier alpha value is -1.88. The van der Waals surface area contributed by atoms with Crippen molar-refractivity contribution in [1.82, 2.24) is 0 Å². The van der Waals surface area contributed by atoms with Crippen LogP contribution in [0.25, 0.3) is 0 Å². The second-order valence-corrected chi connectivity index (χ2v) is 4.86. The van der Waals surface area contributed by atoms with Gasteiger partial charge in [-0.25, -0.2) is 9.18 Å². The third kappa shape index (κ3) is 2.68. The van der Waals surface area contributed by atoms with Gasteiger partial charge in [-0.2, -0.15) is 0 Å². The zero-order valence-corrected chi connectivity index (χ0v) is 10.5. The predicted molar refractivity (Wildman–Crippen MR) is 69.7 cm³/mol. The van der Waals surface area contributed by atoms with Gasteiger partial charge in [-0.05, 0) is 36.6 Å². The van der Waals surface area contributed by atoms with Gasteiger partial charge < -0.3 is 10.4 Å². The summed E-state index contributed by atoms with van der Waals surface area (Å²) in [6.45, 7) is 1.97. The lowest BCUT2D eigenvalue weighted by Gasteiger charge is -2.14. The highest BCUT2D eigenvalue weighted by Crippen LogP contribution is 2.24. The predicted octanol–water partition coefficient (Wildman–Crippen LogP) is 3.76. The van der Waals surface area contributed by atoms with Crippen molar-refractivity contribution in [3.05, 3.63) is 52.0 Å². The number of nitrogens with one attached hydrogen (secondary N) is 1. The molecular weight excluding hydrogens is 253 g/mol. The summed E-state index contributed by atoms with van der Waals surface area (Å²) >= 11 is 1.61. The topological polar surface area (TPSA) is 49.3 Å². The fraction of sp³-hybridized carbons (Fsp3) is 0.154. The number of halogens is 1. The zero-order chi connectivity index (χ0) is 13.1. The van der Waals surface area contributed by atoms with Crippen LogP contribution in [0.5, 0.6) is 0 Å². The first-order valence-electron chi connectivity index (χ1n) is 5.40. The molecule has 0 saturated carbocycles. The molecule has 2 rings (SSSR count). The highest BCUT2D eigenvalue weighted by molar-refractivity contribution is 7.10. The number of carboxylic acid groups (broad SMARTS) is 1. The van der Waals surface area contributed by atoms with E-state index in [9.17, 15) is 9.18 Å². The number of benzene rings is 1. The summed E-state index contributed by atoms with van der Waals surface area (Å²) in [5, 5.41) is 14.0. The summed E-state index contributed by atoms with van der Waals surface area (Å²) in [5.41, 5.74) is 0.271. The molecule has 0 aliphatic heterocycles. The molecule has 5 heteroatoms. The standard InChI is InChI=1S/C13H12FNO2S/c1-8(12-3-2-6-18-12)15-9-4-5-11(14)10(7-9)13(16)17/h2-8,15H,1H3,(H,16,17). The van der Waals surface area contributed by atoms with Crippen LogP contribution in [0.15, 0.2) is 35.7 Å². The van der Waals surface area contributed by atoms with Gasteiger partial charge in [0, 0.05) is 10.6 Å². The van der Waals surface area contributed by atoms with Gasteiger partial charge in [0.15, 0.2) is 0 Å². The van der Waals surface area contributed by atoms with Gasteiger partial charge in [0.2, 0.25) is 0 Å². The molecule has 0 radical (unpaired) electrons. The first-order valence-corrected chi connectivity index (χ1v) is 6.28. The third-order valence-electron chi connectivity index (χ3n) is 2.55. The number of thiophene rings is 1. The maximum Gasteiger partial charge on any atom is 0.338 e. The molecule has 1 aromatic heterocycles. The Morgan fingerprint density at radius 3 is 2.83 bits per heavy atom. The van der Waals surface area contributed by atoms with Crippen LogP contribution in [0, 0.1) is 5.82 Å². The SMILES string of the molecule is CC(Nc1ccc(F)c(C(=O)O)c1)c1cccs1. The first kappa shape index (κ1) is 12.6. The number of hydrogen-bond donors (Lipinski definition) is 2. The van der Waals surface area contributed by atoms with Crippen LogP contribution >= 0.6 is 11.3 Å². The molecule has 2 aromatic rings. The van der Waals surface area contributed by atoms with E-state index in [0.29, 0.717) is 5.69 Å². The second-order valence-electron chi connectivity index (χ2n) is 3.88. The van der Waals surface area contributed by atoms with E-state index < -0.39 is 11.8 Å². The molecule has 0 fully saturated rings. The van der Waals surface area contributed by atoms with Gasteiger partial charge in [-0.3, -0.25) is 0 Å². The Kier molecular flexibility index (Phi) is 3.62. The molecule has 0 bridgehead atoms. The van der Waals surface area contributed by atoms with E-state index in [1.165, 1.54) is 12.1 Å². The lowest BCUT2D eigenvalue weighted by Crippen LogP contribution is -2.07. The minimum atomic E-state index is -1.26. The van der Waals surface area contributed by atoms with E-state index in [-0.39, 0.29) is 11.6 Å². The first-order chi connectivity index (χ1) is 8.58. The van der Waals surface area contributed by atoms with E-state index in [2.05, 4.69) is 5.32 Å². The minimum Gasteiger partial charge on any atom is -0.478 e. The lowest BCUT2D eigenvalue weighted by atomic mass is 10.1. The second kappa shape index (κ2) is 5.18. The number of anilines is 1. The summed E-state index contributed by atoms with van der Waals surface area (Å²) in [6, 6.07) is 7.99. The summed E-state index contributed by atoms with van der Waals surface area (Å²) in [5.74, 6) is -1.99. The van der Waals surface area contributed by atoms with Crippen molar-refractivity contribution in [3.63, 3.8) is 0 Å². The Morgan fingerprint density at radius 1 is 1.44 bits per heavy atom. The van der Waals surface area contributed by atoms with Gasteiger partial charge in [0.25, 0.3) is 0 Å². The van der Waals surface area contributed by atoms with Crippen LogP contribution in [0.4, 0.5) is 10.1 Å². The molecule has 0 aliphatic rings. The highest BCUT2D eigenvalue weighted by atomic mass is 32.1. The van der Waals surface area contributed by atoms with Crippen molar-refractivity contribution in [2.45, 2.75) is 13.0 Å². The maximum absolute atomic E-state index is 13.2. The van der Waals surface area contributed by atoms with E-state index in [0.717, 1.165) is 10.9 Å². The lowest BCUT2D eigenvalue weighted by molar-refractivity contribution is 0.0692. The van der Waals surface area contributed by atoms with Gasteiger partial charge in [-0.1, -0.05) is 6.07 Å². The zero-order valence-electron chi connectivity index (χ0n) is 9.68. The van der Waals surface area contributed by atoms with E-state index >= 15 is 0 Å².